The largest absolute Gasteiger partial charge is 0.312 e. The van der Waals surface area contributed by atoms with Crippen molar-refractivity contribution in [2.75, 3.05) is 0 Å². The van der Waals surface area contributed by atoms with Gasteiger partial charge in [-0.2, -0.15) is 0 Å². The molecular formula is C13H25N3. The van der Waals surface area contributed by atoms with E-state index in [4.69, 9.17) is 10.8 Å². The summed E-state index contributed by atoms with van der Waals surface area (Å²) >= 11 is 0. The predicted molar refractivity (Wildman–Crippen MR) is 68.2 cm³/mol. The Balaban J connectivity index is 1.95. The molecule has 0 radical (unpaired) electrons. The Bertz CT molecular complexity index is 223. The van der Waals surface area contributed by atoms with Crippen LogP contribution in [0.1, 0.15) is 64.2 Å². The number of nitrogens with two attached hydrogens (primary N) is 1. The van der Waals surface area contributed by atoms with Crippen molar-refractivity contribution in [3.8, 4) is 0 Å². The van der Waals surface area contributed by atoms with E-state index < -0.39 is 0 Å². The third-order valence-electron chi connectivity index (χ3n) is 4.04. The third-order valence-corrected chi connectivity index (χ3v) is 4.04. The van der Waals surface area contributed by atoms with Crippen LogP contribution in [0.25, 0.3) is 0 Å². The van der Waals surface area contributed by atoms with Crippen LogP contribution in [0.3, 0.4) is 0 Å². The molecule has 0 amide bonds. The normalized spacial score (nSPS) is 25.7. The monoisotopic (exact) mass is 223 g/mol. The topological polar surface area (TPSA) is 50.4 Å². The van der Waals surface area contributed by atoms with E-state index in [1.807, 2.05) is 0 Å². The second-order valence-corrected chi connectivity index (χ2v) is 5.29. The van der Waals surface area contributed by atoms with Gasteiger partial charge >= 0.3 is 0 Å². The standard InChI is InChI=1S/C13H25N3/c14-16-13(15-12-9-5-6-10-12)11-7-3-1-2-4-8-11/h11-12H,1-10,14H2,(H,15,16). The quantitative estimate of drug-likeness (QED) is 0.249. The van der Waals surface area contributed by atoms with Gasteiger partial charge in [0.2, 0.25) is 0 Å². The Labute approximate surface area is 98.9 Å². The Morgan fingerprint density at radius 2 is 1.44 bits per heavy atom. The first-order valence-electron chi connectivity index (χ1n) is 6.94. The SMILES string of the molecule is NNC(=NC1CCCC1)C1CCCCCC1. The summed E-state index contributed by atoms with van der Waals surface area (Å²) in [6.45, 7) is 0. The number of amidine groups is 1. The molecule has 92 valence electrons. The smallest absolute Gasteiger partial charge is 0.114 e. The van der Waals surface area contributed by atoms with Crippen LogP contribution in [0.15, 0.2) is 4.99 Å². The first kappa shape index (κ1) is 11.9. The van der Waals surface area contributed by atoms with Crippen molar-refractivity contribution in [3.05, 3.63) is 0 Å². The van der Waals surface area contributed by atoms with Crippen molar-refractivity contribution in [3.63, 3.8) is 0 Å². The summed E-state index contributed by atoms with van der Waals surface area (Å²) in [5, 5.41) is 0. The van der Waals surface area contributed by atoms with Crippen molar-refractivity contribution in [2.45, 2.75) is 70.3 Å². The van der Waals surface area contributed by atoms with Crippen LogP contribution in [-0.4, -0.2) is 11.9 Å². The molecule has 0 aromatic rings. The second-order valence-electron chi connectivity index (χ2n) is 5.29. The molecule has 3 nitrogen and oxygen atoms in total. The minimum absolute atomic E-state index is 0.550. The van der Waals surface area contributed by atoms with Crippen LogP contribution in [0.5, 0.6) is 0 Å². The third kappa shape index (κ3) is 3.21. The lowest BCUT2D eigenvalue weighted by atomic mass is 9.99. The van der Waals surface area contributed by atoms with Crippen molar-refractivity contribution < 1.29 is 0 Å². The van der Waals surface area contributed by atoms with E-state index >= 15 is 0 Å². The molecule has 3 N–H and O–H groups in total. The number of aliphatic imine (C=N–C) groups is 1. The molecule has 0 aliphatic heterocycles. The van der Waals surface area contributed by atoms with Gasteiger partial charge in [0.05, 0.1) is 6.04 Å². The van der Waals surface area contributed by atoms with E-state index in [0.29, 0.717) is 12.0 Å². The molecule has 2 aliphatic rings. The maximum atomic E-state index is 5.65. The molecule has 2 rings (SSSR count). The van der Waals surface area contributed by atoms with Crippen LogP contribution in [0.4, 0.5) is 0 Å². The Hall–Kier alpha value is -0.570. The number of nitrogens with zero attached hydrogens (tertiary/aromatic N) is 1. The maximum absolute atomic E-state index is 5.65. The molecule has 16 heavy (non-hydrogen) atoms. The van der Waals surface area contributed by atoms with Crippen molar-refractivity contribution >= 4 is 5.84 Å². The lowest BCUT2D eigenvalue weighted by molar-refractivity contribution is 0.562. The fourth-order valence-electron chi connectivity index (χ4n) is 3.04. The summed E-state index contributed by atoms with van der Waals surface area (Å²) < 4.78 is 0. The molecule has 0 bridgehead atoms. The first-order chi connectivity index (χ1) is 7.90. The number of rotatable bonds is 2. The van der Waals surface area contributed by atoms with E-state index in [1.165, 1.54) is 64.2 Å². The van der Waals surface area contributed by atoms with E-state index in [1.54, 1.807) is 0 Å². The maximum Gasteiger partial charge on any atom is 0.114 e. The summed E-state index contributed by atoms with van der Waals surface area (Å²) in [4.78, 5) is 4.84. The van der Waals surface area contributed by atoms with Crippen LogP contribution in [0.2, 0.25) is 0 Å². The average Bonchev–Trinajstić information content (AvgIpc) is 2.67. The van der Waals surface area contributed by atoms with Gasteiger partial charge in [0.1, 0.15) is 5.84 Å². The van der Waals surface area contributed by atoms with Crippen LogP contribution >= 0.6 is 0 Å². The molecule has 0 aromatic carbocycles. The lowest BCUT2D eigenvalue weighted by Gasteiger charge is -2.18. The fourth-order valence-corrected chi connectivity index (χ4v) is 3.04. The summed E-state index contributed by atoms with van der Waals surface area (Å²) in [6.07, 6.45) is 13.2. The van der Waals surface area contributed by atoms with Gasteiger partial charge < -0.3 is 5.43 Å². The minimum atomic E-state index is 0.550. The zero-order valence-corrected chi connectivity index (χ0v) is 10.3. The molecule has 2 aliphatic carbocycles. The highest BCUT2D eigenvalue weighted by Crippen LogP contribution is 2.26. The number of nitrogens with one attached hydrogen (secondary N) is 1. The Morgan fingerprint density at radius 3 is 2.00 bits per heavy atom. The van der Waals surface area contributed by atoms with Crippen LogP contribution in [-0.2, 0) is 0 Å². The minimum Gasteiger partial charge on any atom is -0.312 e. The molecule has 0 spiro atoms. The molecule has 0 heterocycles. The fraction of sp³-hybridized carbons (Fsp3) is 0.923. The summed E-state index contributed by atoms with van der Waals surface area (Å²) in [5.41, 5.74) is 2.88. The summed E-state index contributed by atoms with van der Waals surface area (Å²) in [6, 6.07) is 0.550. The average molecular weight is 223 g/mol. The van der Waals surface area contributed by atoms with E-state index in [9.17, 15) is 0 Å². The van der Waals surface area contributed by atoms with Gasteiger partial charge in [0.15, 0.2) is 0 Å². The zero-order chi connectivity index (χ0) is 11.2. The molecule has 3 heteroatoms. The Kier molecular flexibility index (Phi) is 4.64. The highest BCUT2D eigenvalue weighted by atomic mass is 15.3. The van der Waals surface area contributed by atoms with Gasteiger partial charge in [0.25, 0.3) is 0 Å². The van der Waals surface area contributed by atoms with Crippen molar-refractivity contribution in [2.24, 2.45) is 16.8 Å². The van der Waals surface area contributed by atoms with E-state index in [2.05, 4.69) is 5.43 Å². The zero-order valence-electron chi connectivity index (χ0n) is 10.3. The van der Waals surface area contributed by atoms with Gasteiger partial charge in [-0.1, -0.05) is 38.5 Å². The highest BCUT2D eigenvalue weighted by molar-refractivity contribution is 5.84. The lowest BCUT2D eigenvalue weighted by Crippen LogP contribution is -2.37. The highest BCUT2D eigenvalue weighted by Gasteiger charge is 2.20. The number of hydrogen-bond donors (Lipinski definition) is 2. The summed E-state index contributed by atoms with van der Waals surface area (Å²) in [5.74, 6) is 7.35. The number of hydrogen-bond acceptors (Lipinski definition) is 2. The first-order valence-corrected chi connectivity index (χ1v) is 6.94. The Morgan fingerprint density at radius 1 is 0.875 bits per heavy atom. The predicted octanol–water partition coefficient (Wildman–Crippen LogP) is 2.76. The van der Waals surface area contributed by atoms with Crippen LogP contribution in [0, 0.1) is 5.92 Å². The van der Waals surface area contributed by atoms with Gasteiger partial charge in [-0.25, -0.2) is 5.84 Å². The van der Waals surface area contributed by atoms with Crippen molar-refractivity contribution in [1.29, 1.82) is 0 Å². The molecule has 0 saturated heterocycles. The van der Waals surface area contributed by atoms with Gasteiger partial charge in [-0.15, -0.1) is 0 Å². The van der Waals surface area contributed by atoms with E-state index in [0.717, 1.165) is 5.84 Å². The molecule has 0 atom stereocenters. The van der Waals surface area contributed by atoms with E-state index in [-0.39, 0.29) is 0 Å². The second kappa shape index (κ2) is 6.24. The molecule has 2 saturated carbocycles. The molecular weight excluding hydrogens is 198 g/mol. The summed E-state index contributed by atoms with van der Waals surface area (Å²) in [7, 11) is 0. The van der Waals surface area contributed by atoms with Gasteiger partial charge in [-0.3, -0.25) is 4.99 Å². The molecule has 2 fully saturated rings. The molecule has 0 unspecified atom stereocenters. The van der Waals surface area contributed by atoms with Gasteiger partial charge in [-0.05, 0) is 25.7 Å². The van der Waals surface area contributed by atoms with Gasteiger partial charge in [0, 0.05) is 5.92 Å². The number of hydrazine groups is 1. The van der Waals surface area contributed by atoms with Crippen LogP contribution < -0.4 is 11.3 Å². The molecule has 0 aromatic heterocycles. The van der Waals surface area contributed by atoms with Crippen molar-refractivity contribution in [1.82, 2.24) is 5.43 Å².